The van der Waals surface area contributed by atoms with Crippen molar-refractivity contribution < 1.29 is 14.3 Å². The second-order valence-corrected chi connectivity index (χ2v) is 5.75. The molecule has 0 aromatic rings. The zero-order valence-electron chi connectivity index (χ0n) is 12.4. The number of hydrogen-bond donors (Lipinski definition) is 2. The molecular weight excluding hydrogens is 244 g/mol. The van der Waals surface area contributed by atoms with Gasteiger partial charge in [-0.05, 0) is 46.5 Å². The van der Waals surface area contributed by atoms with Crippen LogP contribution in [0.5, 0.6) is 0 Å². The SMILES string of the molecule is CC(C)OCCOCCCC(C)(NC1CC1)C(N)=O. The van der Waals surface area contributed by atoms with Crippen LogP contribution in [-0.2, 0) is 14.3 Å². The van der Waals surface area contributed by atoms with Gasteiger partial charge in [0.1, 0.15) is 0 Å². The monoisotopic (exact) mass is 272 g/mol. The molecule has 0 saturated heterocycles. The van der Waals surface area contributed by atoms with E-state index in [4.69, 9.17) is 15.2 Å². The quantitative estimate of drug-likeness (QED) is 0.554. The van der Waals surface area contributed by atoms with E-state index in [-0.39, 0.29) is 12.0 Å². The molecule has 1 aliphatic carbocycles. The highest BCUT2D eigenvalue weighted by molar-refractivity contribution is 5.84. The maximum absolute atomic E-state index is 11.5. The largest absolute Gasteiger partial charge is 0.379 e. The summed E-state index contributed by atoms with van der Waals surface area (Å²) >= 11 is 0. The van der Waals surface area contributed by atoms with Crippen molar-refractivity contribution in [2.45, 2.75) is 64.1 Å². The second-order valence-electron chi connectivity index (χ2n) is 5.75. The zero-order chi connectivity index (χ0) is 14.3. The molecule has 1 rings (SSSR count). The minimum Gasteiger partial charge on any atom is -0.379 e. The van der Waals surface area contributed by atoms with Crippen molar-refractivity contribution in [2.75, 3.05) is 19.8 Å². The van der Waals surface area contributed by atoms with Crippen molar-refractivity contribution in [3.8, 4) is 0 Å². The third kappa shape index (κ3) is 6.89. The molecule has 1 unspecified atom stereocenters. The molecule has 3 N–H and O–H groups in total. The van der Waals surface area contributed by atoms with Gasteiger partial charge in [-0.15, -0.1) is 0 Å². The topological polar surface area (TPSA) is 73.6 Å². The van der Waals surface area contributed by atoms with Crippen LogP contribution in [0.25, 0.3) is 0 Å². The van der Waals surface area contributed by atoms with Crippen molar-refractivity contribution in [3.63, 3.8) is 0 Å². The van der Waals surface area contributed by atoms with Crippen LogP contribution in [0.3, 0.4) is 0 Å². The van der Waals surface area contributed by atoms with E-state index in [1.807, 2.05) is 20.8 Å². The number of rotatable bonds is 11. The highest BCUT2D eigenvalue weighted by atomic mass is 16.5. The van der Waals surface area contributed by atoms with Gasteiger partial charge < -0.3 is 20.5 Å². The lowest BCUT2D eigenvalue weighted by atomic mass is 9.95. The molecule has 1 aliphatic rings. The van der Waals surface area contributed by atoms with Gasteiger partial charge in [-0.2, -0.15) is 0 Å². The third-order valence-corrected chi connectivity index (χ3v) is 3.29. The number of carbonyl (C=O) groups excluding carboxylic acids is 1. The predicted octanol–water partition coefficient (Wildman–Crippen LogP) is 1.20. The lowest BCUT2D eigenvalue weighted by Gasteiger charge is -2.27. The molecule has 1 saturated carbocycles. The molecule has 0 aliphatic heterocycles. The Morgan fingerprint density at radius 1 is 1.37 bits per heavy atom. The molecule has 1 atom stereocenters. The molecule has 1 fully saturated rings. The number of carbonyl (C=O) groups is 1. The summed E-state index contributed by atoms with van der Waals surface area (Å²) in [7, 11) is 0. The molecule has 19 heavy (non-hydrogen) atoms. The first-order valence-corrected chi connectivity index (χ1v) is 7.21. The minimum atomic E-state index is -0.598. The van der Waals surface area contributed by atoms with Crippen LogP contribution < -0.4 is 11.1 Å². The number of nitrogens with one attached hydrogen (secondary N) is 1. The van der Waals surface area contributed by atoms with Crippen molar-refractivity contribution in [1.82, 2.24) is 5.32 Å². The minimum absolute atomic E-state index is 0.240. The molecule has 1 amide bonds. The number of nitrogens with two attached hydrogens (primary N) is 1. The molecule has 0 radical (unpaired) electrons. The van der Waals surface area contributed by atoms with Crippen molar-refractivity contribution in [2.24, 2.45) is 5.73 Å². The summed E-state index contributed by atoms with van der Waals surface area (Å²) in [6, 6.07) is 0.470. The number of hydrogen-bond acceptors (Lipinski definition) is 4. The van der Waals surface area contributed by atoms with E-state index in [0.717, 1.165) is 19.3 Å². The van der Waals surface area contributed by atoms with Crippen LogP contribution in [-0.4, -0.2) is 43.4 Å². The van der Waals surface area contributed by atoms with E-state index in [1.54, 1.807) is 0 Å². The van der Waals surface area contributed by atoms with Gasteiger partial charge in [-0.3, -0.25) is 4.79 Å². The fourth-order valence-corrected chi connectivity index (χ4v) is 1.92. The lowest BCUT2D eigenvalue weighted by molar-refractivity contribution is -0.124. The molecule has 0 spiro atoms. The number of ether oxygens (including phenoxy) is 2. The Morgan fingerprint density at radius 3 is 2.58 bits per heavy atom. The van der Waals surface area contributed by atoms with E-state index < -0.39 is 5.54 Å². The van der Waals surface area contributed by atoms with Crippen LogP contribution in [0.15, 0.2) is 0 Å². The van der Waals surface area contributed by atoms with Crippen LogP contribution in [0.4, 0.5) is 0 Å². The summed E-state index contributed by atoms with van der Waals surface area (Å²) in [5.74, 6) is -0.275. The van der Waals surface area contributed by atoms with E-state index in [2.05, 4.69) is 5.32 Å². The summed E-state index contributed by atoms with van der Waals surface area (Å²) in [5, 5.41) is 3.33. The summed E-state index contributed by atoms with van der Waals surface area (Å²) in [6.07, 6.45) is 4.06. The Balaban J connectivity index is 2.09. The summed E-state index contributed by atoms with van der Waals surface area (Å²) < 4.78 is 10.9. The van der Waals surface area contributed by atoms with Crippen molar-refractivity contribution in [1.29, 1.82) is 0 Å². The average Bonchev–Trinajstić information content (AvgIpc) is 3.11. The summed E-state index contributed by atoms with van der Waals surface area (Å²) in [5.41, 5.74) is 4.88. The first-order valence-electron chi connectivity index (χ1n) is 7.21. The molecule has 0 aromatic heterocycles. The van der Waals surface area contributed by atoms with Gasteiger partial charge in [0, 0.05) is 12.6 Å². The zero-order valence-corrected chi connectivity index (χ0v) is 12.4. The molecular formula is C14H28N2O3. The second kappa shape index (κ2) is 7.82. The van der Waals surface area contributed by atoms with Crippen LogP contribution >= 0.6 is 0 Å². The number of primary amides is 1. The molecule has 0 bridgehead atoms. The van der Waals surface area contributed by atoms with Crippen molar-refractivity contribution in [3.05, 3.63) is 0 Å². The number of amides is 1. The third-order valence-electron chi connectivity index (χ3n) is 3.29. The Hall–Kier alpha value is -0.650. The van der Waals surface area contributed by atoms with Gasteiger partial charge in [-0.1, -0.05) is 0 Å². The van der Waals surface area contributed by atoms with Gasteiger partial charge in [0.15, 0.2) is 0 Å². The van der Waals surface area contributed by atoms with Gasteiger partial charge >= 0.3 is 0 Å². The predicted molar refractivity (Wildman–Crippen MR) is 74.9 cm³/mol. The normalized spacial score (nSPS) is 18.5. The fraction of sp³-hybridized carbons (Fsp3) is 0.929. The van der Waals surface area contributed by atoms with Gasteiger partial charge in [0.05, 0.1) is 24.9 Å². The Bertz CT molecular complexity index is 280. The molecule has 5 heteroatoms. The van der Waals surface area contributed by atoms with Crippen LogP contribution in [0, 0.1) is 0 Å². The van der Waals surface area contributed by atoms with E-state index in [9.17, 15) is 4.79 Å². The molecule has 0 aromatic carbocycles. The maximum atomic E-state index is 11.5. The highest BCUT2D eigenvalue weighted by Crippen LogP contribution is 2.24. The lowest BCUT2D eigenvalue weighted by Crippen LogP contribution is -2.54. The molecule has 0 heterocycles. The van der Waals surface area contributed by atoms with Gasteiger partial charge in [0.25, 0.3) is 0 Å². The standard InChI is InChI=1S/C14H28N2O3/c1-11(2)19-10-9-18-8-4-7-14(3,13(15)17)16-12-5-6-12/h11-12,16H,4-10H2,1-3H3,(H2,15,17). The maximum Gasteiger partial charge on any atom is 0.237 e. The van der Waals surface area contributed by atoms with Gasteiger partial charge in [-0.25, -0.2) is 0 Å². The van der Waals surface area contributed by atoms with Gasteiger partial charge in [0.2, 0.25) is 5.91 Å². The molecule has 112 valence electrons. The summed E-state index contributed by atoms with van der Waals surface area (Å²) in [4.78, 5) is 11.5. The van der Waals surface area contributed by atoms with Crippen LogP contribution in [0.1, 0.15) is 46.5 Å². The van der Waals surface area contributed by atoms with Crippen LogP contribution in [0.2, 0.25) is 0 Å². The molecule has 5 nitrogen and oxygen atoms in total. The smallest absolute Gasteiger partial charge is 0.237 e. The van der Waals surface area contributed by atoms with Crippen molar-refractivity contribution >= 4 is 5.91 Å². The van der Waals surface area contributed by atoms with E-state index in [1.165, 1.54) is 0 Å². The van der Waals surface area contributed by atoms with E-state index in [0.29, 0.717) is 32.3 Å². The Morgan fingerprint density at radius 2 is 2.05 bits per heavy atom. The summed E-state index contributed by atoms with van der Waals surface area (Å²) in [6.45, 7) is 7.74. The highest BCUT2D eigenvalue weighted by Gasteiger charge is 2.36. The Labute approximate surface area is 116 Å². The fourth-order valence-electron chi connectivity index (χ4n) is 1.92. The first kappa shape index (κ1) is 16.4. The van der Waals surface area contributed by atoms with E-state index >= 15 is 0 Å². The first-order chi connectivity index (χ1) is 8.94. The average molecular weight is 272 g/mol. The Kier molecular flexibility index (Phi) is 6.75.